The molecule has 1 aliphatic rings. The molecule has 182 valence electrons. The summed E-state index contributed by atoms with van der Waals surface area (Å²) >= 11 is 0. The van der Waals surface area contributed by atoms with Crippen molar-refractivity contribution in [1.82, 2.24) is 9.03 Å². The first-order valence-corrected chi connectivity index (χ1v) is 12.5. The Labute approximate surface area is 201 Å². The topological polar surface area (TPSA) is 97.0 Å². The van der Waals surface area contributed by atoms with Gasteiger partial charge in [0.1, 0.15) is 12.4 Å². The molecule has 0 unspecified atom stereocenters. The highest BCUT2D eigenvalue weighted by Crippen LogP contribution is 2.39. The molecule has 0 spiro atoms. The maximum atomic E-state index is 13.1. The summed E-state index contributed by atoms with van der Waals surface area (Å²) in [4.78, 5) is 13.1. The van der Waals surface area contributed by atoms with E-state index in [1.165, 1.54) is 16.8 Å². The summed E-state index contributed by atoms with van der Waals surface area (Å²) in [5.41, 5.74) is 1.09. The largest absolute Gasteiger partial charge is 0.500 e. The average molecular weight is 486 g/mol. The van der Waals surface area contributed by atoms with Crippen LogP contribution in [0.15, 0.2) is 80.3 Å². The van der Waals surface area contributed by atoms with Gasteiger partial charge in [-0.25, -0.2) is 0 Å². The van der Waals surface area contributed by atoms with Crippen molar-refractivity contribution < 1.29 is 22.7 Å². The fraction of sp³-hybridized carbons (Fsp3) is 0.320. The monoisotopic (exact) mass is 485 g/mol. The summed E-state index contributed by atoms with van der Waals surface area (Å²) in [5, 5.41) is 2.94. The molecule has 1 saturated heterocycles. The van der Waals surface area contributed by atoms with Crippen LogP contribution in [-0.2, 0) is 25.2 Å². The van der Waals surface area contributed by atoms with Gasteiger partial charge in [0.05, 0.1) is 18.2 Å². The number of nitrogens with one attached hydrogen (secondary N) is 2. The highest BCUT2D eigenvalue weighted by Gasteiger charge is 2.40. The Hall–Kier alpha value is -3.14. The molecule has 0 saturated carbocycles. The average Bonchev–Trinajstić information content (AvgIpc) is 2.84. The Morgan fingerprint density at radius 3 is 2.38 bits per heavy atom. The number of anilines is 1. The lowest BCUT2D eigenvalue weighted by atomic mass is 9.70. The van der Waals surface area contributed by atoms with Crippen LogP contribution in [0.5, 0.6) is 5.75 Å². The molecule has 0 radical (unpaired) electrons. The lowest BCUT2D eigenvalue weighted by molar-refractivity contribution is -0.117. The number of rotatable bonds is 12. The predicted octanol–water partition coefficient (Wildman–Crippen LogP) is 3.57. The van der Waals surface area contributed by atoms with Gasteiger partial charge in [-0.2, -0.15) is 17.4 Å². The van der Waals surface area contributed by atoms with Crippen LogP contribution >= 0.6 is 0 Å². The fourth-order valence-corrected chi connectivity index (χ4v) is 5.37. The minimum absolute atomic E-state index is 0.156. The van der Waals surface area contributed by atoms with E-state index >= 15 is 0 Å². The second-order valence-electron chi connectivity index (χ2n) is 7.99. The van der Waals surface area contributed by atoms with Crippen molar-refractivity contribution in [3.8, 4) is 5.75 Å². The number of hydrogen-bond donors (Lipinski definition) is 2. The molecule has 0 atom stereocenters. The fourth-order valence-electron chi connectivity index (χ4n) is 4.18. The summed E-state index contributed by atoms with van der Waals surface area (Å²) < 4.78 is 39.7. The van der Waals surface area contributed by atoms with E-state index in [-0.39, 0.29) is 25.5 Å². The van der Waals surface area contributed by atoms with Gasteiger partial charge in [0.25, 0.3) is 10.2 Å². The third-order valence-corrected chi connectivity index (χ3v) is 7.51. The molecular weight excluding hydrogens is 454 g/mol. The van der Waals surface area contributed by atoms with E-state index in [1.54, 1.807) is 12.1 Å². The Morgan fingerprint density at radius 2 is 1.71 bits per heavy atom. The molecule has 0 aromatic heterocycles. The van der Waals surface area contributed by atoms with E-state index in [0.717, 1.165) is 5.56 Å². The molecule has 2 aromatic carbocycles. The van der Waals surface area contributed by atoms with Gasteiger partial charge in [0, 0.05) is 31.5 Å². The highest BCUT2D eigenvalue weighted by molar-refractivity contribution is 7.87. The second-order valence-corrected chi connectivity index (χ2v) is 9.74. The smallest absolute Gasteiger partial charge is 0.279 e. The van der Waals surface area contributed by atoms with Crippen LogP contribution in [0, 0.1) is 0 Å². The Kier molecular flexibility index (Phi) is 8.86. The van der Waals surface area contributed by atoms with Crippen molar-refractivity contribution in [3.63, 3.8) is 0 Å². The minimum Gasteiger partial charge on any atom is -0.500 e. The Morgan fingerprint density at radius 1 is 1.03 bits per heavy atom. The zero-order valence-corrected chi connectivity index (χ0v) is 19.9. The molecule has 0 bridgehead atoms. The first kappa shape index (κ1) is 25.5. The molecule has 1 amide bonds. The van der Waals surface area contributed by atoms with Gasteiger partial charge in [-0.05, 0) is 30.5 Å². The van der Waals surface area contributed by atoms with Crippen LogP contribution in [0.25, 0.3) is 0 Å². The van der Waals surface area contributed by atoms with Gasteiger partial charge in [-0.1, -0.05) is 55.6 Å². The van der Waals surface area contributed by atoms with Crippen LogP contribution in [0.3, 0.4) is 0 Å². The van der Waals surface area contributed by atoms with E-state index in [1.807, 2.05) is 42.5 Å². The quantitative estimate of drug-likeness (QED) is 0.354. The number of nitrogens with zero attached hydrogens (tertiary/aromatic N) is 1. The molecule has 8 nitrogen and oxygen atoms in total. The second kappa shape index (κ2) is 11.8. The van der Waals surface area contributed by atoms with Crippen molar-refractivity contribution >= 4 is 21.8 Å². The van der Waals surface area contributed by atoms with Gasteiger partial charge in [-0.15, -0.1) is 0 Å². The number of benzene rings is 2. The molecule has 1 aliphatic heterocycles. The van der Waals surface area contributed by atoms with E-state index in [2.05, 4.69) is 23.2 Å². The lowest BCUT2D eigenvalue weighted by Gasteiger charge is -2.41. The molecule has 3 rings (SSSR count). The van der Waals surface area contributed by atoms with Gasteiger partial charge >= 0.3 is 0 Å². The van der Waals surface area contributed by atoms with Crippen molar-refractivity contribution in [2.24, 2.45) is 0 Å². The molecule has 9 heteroatoms. The van der Waals surface area contributed by atoms with Gasteiger partial charge in [-0.3, -0.25) is 4.79 Å². The Bertz CT molecular complexity index is 1080. The van der Waals surface area contributed by atoms with E-state index < -0.39 is 15.6 Å². The SMILES string of the molecule is C=COCCNS(=O)(=O)N1CCC(CC(=O)Nc2ccccc2OC=C)(c2ccccc2)CC1. The molecule has 2 aromatic rings. The van der Waals surface area contributed by atoms with Crippen LogP contribution in [-0.4, -0.2) is 44.9 Å². The lowest BCUT2D eigenvalue weighted by Crippen LogP contribution is -2.50. The molecular formula is C25H31N3O5S. The number of ether oxygens (including phenoxy) is 2. The highest BCUT2D eigenvalue weighted by atomic mass is 32.2. The molecule has 34 heavy (non-hydrogen) atoms. The number of carbonyl (C=O) groups excluding carboxylic acids is 1. The van der Waals surface area contributed by atoms with E-state index in [0.29, 0.717) is 37.4 Å². The number of amides is 1. The van der Waals surface area contributed by atoms with Crippen LogP contribution in [0.4, 0.5) is 5.69 Å². The maximum Gasteiger partial charge on any atom is 0.279 e. The van der Waals surface area contributed by atoms with Crippen molar-refractivity contribution in [2.75, 3.05) is 31.6 Å². The predicted molar refractivity (Wildman–Crippen MR) is 133 cm³/mol. The summed E-state index contributed by atoms with van der Waals surface area (Å²) in [6.45, 7) is 7.98. The molecule has 2 N–H and O–H groups in total. The number of para-hydroxylation sites is 2. The summed E-state index contributed by atoms with van der Waals surface area (Å²) in [6.07, 6.45) is 3.83. The summed E-state index contributed by atoms with van der Waals surface area (Å²) in [7, 11) is -3.64. The van der Waals surface area contributed by atoms with E-state index in [9.17, 15) is 13.2 Å². The van der Waals surface area contributed by atoms with Crippen molar-refractivity contribution in [3.05, 3.63) is 85.8 Å². The summed E-state index contributed by atoms with van der Waals surface area (Å²) in [5.74, 6) is 0.340. The number of piperidine rings is 1. The zero-order valence-electron chi connectivity index (χ0n) is 19.1. The summed E-state index contributed by atoms with van der Waals surface area (Å²) in [6, 6.07) is 16.9. The normalized spacial score (nSPS) is 15.8. The molecule has 1 fully saturated rings. The number of hydrogen-bond acceptors (Lipinski definition) is 5. The Balaban J connectivity index is 1.73. The zero-order chi connectivity index (χ0) is 24.4. The van der Waals surface area contributed by atoms with Crippen LogP contribution < -0.4 is 14.8 Å². The first-order chi connectivity index (χ1) is 16.4. The molecule has 1 heterocycles. The van der Waals surface area contributed by atoms with Gasteiger partial charge < -0.3 is 14.8 Å². The van der Waals surface area contributed by atoms with Crippen LogP contribution in [0.2, 0.25) is 0 Å². The standard InChI is InChI=1S/C25H31N3O5S/c1-3-32-19-16-26-34(30,31)28-17-14-25(15-18-28,21-10-6-5-7-11-21)20-24(29)27-22-12-8-9-13-23(22)33-4-2/h3-13,26H,1-2,14-20H2,(H,27,29). The van der Waals surface area contributed by atoms with Crippen LogP contribution in [0.1, 0.15) is 24.8 Å². The van der Waals surface area contributed by atoms with E-state index in [4.69, 9.17) is 9.47 Å². The third kappa shape index (κ3) is 6.47. The van der Waals surface area contributed by atoms with Gasteiger partial charge in [0.15, 0.2) is 0 Å². The third-order valence-electron chi connectivity index (χ3n) is 5.90. The van der Waals surface area contributed by atoms with Gasteiger partial charge in [0.2, 0.25) is 5.91 Å². The van der Waals surface area contributed by atoms with Crippen molar-refractivity contribution in [2.45, 2.75) is 24.7 Å². The number of carbonyl (C=O) groups is 1. The maximum absolute atomic E-state index is 13.1. The molecule has 0 aliphatic carbocycles. The first-order valence-electron chi connectivity index (χ1n) is 11.1. The minimum atomic E-state index is -3.64. The van der Waals surface area contributed by atoms with Crippen molar-refractivity contribution in [1.29, 1.82) is 0 Å².